The van der Waals surface area contributed by atoms with Crippen molar-refractivity contribution in [2.24, 2.45) is 0 Å². The number of halogens is 3. The SMILES string of the molecule is CO[Si](OC)(OC)C(F)CC(F)F. The Labute approximate surface area is 76.2 Å². The lowest BCUT2D eigenvalue weighted by molar-refractivity contribution is 0.0553. The molecule has 1 atom stereocenters. The van der Waals surface area contributed by atoms with E-state index in [1.807, 2.05) is 0 Å². The van der Waals surface area contributed by atoms with Crippen molar-refractivity contribution in [1.29, 1.82) is 0 Å². The standard InChI is InChI=1S/C6H13F3O3Si/c1-10-13(11-2,12-3)6(9)4-5(7)8/h5-6H,4H2,1-3H3. The van der Waals surface area contributed by atoms with Gasteiger partial charge in [0.25, 0.3) is 0 Å². The van der Waals surface area contributed by atoms with Crippen LogP contribution in [0.5, 0.6) is 0 Å². The molecule has 0 aliphatic rings. The molecule has 0 bridgehead atoms. The minimum atomic E-state index is -3.53. The first-order valence-corrected chi connectivity index (χ1v) is 5.40. The van der Waals surface area contributed by atoms with Crippen molar-refractivity contribution in [2.45, 2.75) is 18.6 Å². The van der Waals surface area contributed by atoms with Gasteiger partial charge in [0.05, 0.1) is 0 Å². The monoisotopic (exact) mass is 218 g/mol. The van der Waals surface area contributed by atoms with E-state index in [1.54, 1.807) is 0 Å². The van der Waals surface area contributed by atoms with Gasteiger partial charge in [-0.3, -0.25) is 0 Å². The van der Waals surface area contributed by atoms with Crippen LogP contribution in [0.25, 0.3) is 0 Å². The number of hydrogen-bond donors (Lipinski definition) is 0. The Kier molecular flexibility index (Phi) is 5.53. The molecule has 0 saturated carbocycles. The molecule has 0 N–H and O–H groups in total. The first-order chi connectivity index (χ1) is 6.02. The maximum atomic E-state index is 13.2. The van der Waals surface area contributed by atoms with Gasteiger partial charge in [0.15, 0.2) is 5.79 Å². The van der Waals surface area contributed by atoms with E-state index in [4.69, 9.17) is 0 Å². The second-order valence-corrected chi connectivity index (χ2v) is 5.37. The van der Waals surface area contributed by atoms with E-state index in [9.17, 15) is 13.2 Å². The maximum Gasteiger partial charge on any atom is 0.536 e. The Morgan fingerprint density at radius 2 is 1.38 bits per heavy atom. The Morgan fingerprint density at radius 1 is 1.00 bits per heavy atom. The molecule has 0 spiro atoms. The summed E-state index contributed by atoms with van der Waals surface area (Å²) in [5.74, 6) is -1.90. The molecule has 1 unspecified atom stereocenters. The Morgan fingerprint density at radius 3 is 1.62 bits per heavy atom. The number of hydrogen-bond acceptors (Lipinski definition) is 3. The van der Waals surface area contributed by atoms with Crippen molar-refractivity contribution in [3.05, 3.63) is 0 Å². The molecule has 0 aromatic heterocycles. The van der Waals surface area contributed by atoms with Crippen LogP contribution in [0, 0.1) is 0 Å². The molecule has 0 saturated heterocycles. The van der Waals surface area contributed by atoms with Gasteiger partial charge in [-0.05, 0) is 0 Å². The molecule has 80 valence electrons. The third kappa shape index (κ3) is 3.26. The maximum absolute atomic E-state index is 13.2. The zero-order valence-electron chi connectivity index (χ0n) is 7.72. The lowest BCUT2D eigenvalue weighted by Crippen LogP contribution is -2.53. The summed E-state index contributed by atoms with van der Waals surface area (Å²) in [5, 5.41) is 0. The van der Waals surface area contributed by atoms with Crippen molar-refractivity contribution in [2.75, 3.05) is 21.3 Å². The summed E-state index contributed by atoms with van der Waals surface area (Å²) < 4.78 is 50.9. The second kappa shape index (κ2) is 5.58. The molecule has 3 nitrogen and oxygen atoms in total. The molecule has 0 aliphatic carbocycles. The van der Waals surface area contributed by atoms with E-state index in [2.05, 4.69) is 13.3 Å². The summed E-state index contributed by atoms with van der Waals surface area (Å²) in [6.07, 6.45) is -3.66. The summed E-state index contributed by atoms with van der Waals surface area (Å²) in [7, 11) is 0.00331. The Balaban J connectivity index is 4.34. The molecule has 13 heavy (non-hydrogen) atoms. The summed E-state index contributed by atoms with van der Waals surface area (Å²) >= 11 is 0. The van der Waals surface area contributed by atoms with Gasteiger partial charge in [0, 0.05) is 27.8 Å². The fourth-order valence-corrected chi connectivity index (χ4v) is 2.67. The third-order valence-electron chi connectivity index (χ3n) is 1.62. The van der Waals surface area contributed by atoms with Crippen LogP contribution in [0.3, 0.4) is 0 Å². The lowest BCUT2D eigenvalue weighted by Gasteiger charge is -2.27. The van der Waals surface area contributed by atoms with Crippen LogP contribution in [0.1, 0.15) is 6.42 Å². The first kappa shape index (κ1) is 12.9. The van der Waals surface area contributed by atoms with Gasteiger partial charge < -0.3 is 13.3 Å². The highest BCUT2D eigenvalue weighted by Gasteiger charge is 2.49. The predicted molar refractivity (Wildman–Crippen MR) is 42.3 cm³/mol. The highest BCUT2D eigenvalue weighted by atomic mass is 28.4. The molecule has 0 fully saturated rings. The summed E-state index contributed by atoms with van der Waals surface area (Å²) in [4.78, 5) is 0. The van der Waals surface area contributed by atoms with Crippen molar-refractivity contribution in [1.82, 2.24) is 0 Å². The zero-order valence-corrected chi connectivity index (χ0v) is 8.72. The zero-order chi connectivity index (χ0) is 10.5. The minimum Gasteiger partial charge on any atom is -0.375 e. The molecular weight excluding hydrogens is 205 g/mol. The lowest BCUT2D eigenvalue weighted by atomic mass is 10.5. The van der Waals surface area contributed by atoms with E-state index in [-0.39, 0.29) is 0 Å². The van der Waals surface area contributed by atoms with Crippen LogP contribution >= 0.6 is 0 Å². The molecular formula is C6H13F3O3Si. The van der Waals surface area contributed by atoms with Gasteiger partial charge in [-0.15, -0.1) is 0 Å². The average Bonchev–Trinajstić information content (AvgIpc) is 2.07. The van der Waals surface area contributed by atoms with Crippen molar-refractivity contribution < 1.29 is 26.4 Å². The normalized spacial score (nSPS) is 15.0. The summed E-state index contributed by atoms with van der Waals surface area (Å²) in [6, 6.07) is 0. The van der Waals surface area contributed by atoms with Crippen LogP contribution in [0.2, 0.25) is 0 Å². The van der Waals surface area contributed by atoms with Gasteiger partial charge in [0.1, 0.15) is 0 Å². The average molecular weight is 218 g/mol. The molecule has 0 amide bonds. The molecule has 0 rings (SSSR count). The van der Waals surface area contributed by atoms with E-state index in [0.29, 0.717) is 0 Å². The van der Waals surface area contributed by atoms with E-state index in [0.717, 1.165) is 0 Å². The molecule has 0 radical (unpaired) electrons. The smallest absolute Gasteiger partial charge is 0.375 e. The minimum absolute atomic E-state index is 0.929. The fraction of sp³-hybridized carbons (Fsp3) is 1.00. The molecule has 0 aromatic rings. The third-order valence-corrected chi connectivity index (χ3v) is 4.33. The second-order valence-electron chi connectivity index (χ2n) is 2.31. The van der Waals surface area contributed by atoms with E-state index in [1.165, 1.54) is 21.3 Å². The highest BCUT2D eigenvalue weighted by Crippen LogP contribution is 2.20. The highest BCUT2D eigenvalue weighted by molar-refractivity contribution is 6.62. The predicted octanol–water partition coefficient (Wildman–Crippen LogP) is 1.40. The number of rotatable bonds is 6. The van der Waals surface area contributed by atoms with Crippen LogP contribution in [-0.4, -0.2) is 42.4 Å². The van der Waals surface area contributed by atoms with E-state index >= 15 is 0 Å². The molecule has 0 aromatic carbocycles. The summed E-state index contributed by atoms with van der Waals surface area (Å²) in [6.45, 7) is 0. The van der Waals surface area contributed by atoms with Gasteiger partial charge in [-0.2, -0.15) is 0 Å². The molecule has 0 heterocycles. The topological polar surface area (TPSA) is 27.7 Å². The first-order valence-electron chi connectivity index (χ1n) is 3.60. The van der Waals surface area contributed by atoms with Gasteiger partial charge in [0.2, 0.25) is 6.43 Å². The fourth-order valence-electron chi connectivity index (χ4n) is 0.934. The van der Waals surface area contributed by atoms with Gasteiger partial charge >= 0.3 is 8.80 Å². The largest absolute Gasteiger partial charge is 0.536 e. The number of alkyl halides is 3. The summed E-state index contributed by atoms with van der Waals surface area (Å²) in [5.41, 5.74) is 0. The van der Waals surface area contributed by atoms with Crippen LogP contribution < -0.4 is 0 Å². The molecule has 7 heteroatoms. The Hall–Kier alpha value is -0.113. The van der Waals surface area contributed by atoms with Crippen molar-refractivity contribution >= 4 is 8.80 Å². The van der Waals surface area contributed by atoms with Gasteiger partial charge in [-0.25, -0.2) is 13.2 Å². The van der Waals surface area contributed by atoms with Crippen molar-refractivity contribution in [3.8, 4) is 0 Å². The van der Waals surface area contributed by atoms with E-state index < -0.39 is 27.4 Å². The van der Waals surface area contributed by atoms with Crippen molar-refractivity contribution in [3.63, 3.8) is 0 Å². The van der Waals surface area contributed by atoms with Gasteiger partial charge in [-0.1, -0.05) is 0 Å². The van der Waals surface area contributed by atoms with Crippen LogP contribution in [0.15, 0.2) is 0 Å². The quantitative estimate of drug-likeness (QED) is 0.631. The van der Waals surface area contributed by atoms with Crippen LogP contribution in [0.4, 0.5) is 13.2 Å². The van der Waals surface area contributed by atoms with Crippen LogP contribution in [-0.2, 0) is 13.3 Å². The Bertz CT molecular complexity index is 135. The molecule has 0 aliphatic heterocycles.